The second kappa shape index (κ2) is 4.15. The molecule has 0 spiro atoms. The van der Waals surface area contributed by atoms with Crippen molar-refractivity contribution in [2.75, 3.05) is 0 Å². The van der Waals surface area contributed by atoms with E-state index in [4.69, 9.17) is 16.3 Å². The third kappa shape index (κ3) is 2.68. The molecule has 0 saturated heterocycles. The van der Waals surface area contributed by atoms with Crippen molar-refractivity contribution in [3.8, 4) is 5.75 Å². The molecule has 1 aromatic carbocycles. The molecule has 0 aliphatic heterocycles. The van der Waals surface area contributed by atoms with Gasteiger partial charge in [0, 0.05) is 4.47 Å². The van der Waals surface area contributed by atoms with E-state index in [1.165, 1.54) is 0 Å². The summed E-state index contributed by atoms with van der Waals surface area (Å²) in [6.45, 7) is 3.98. The first-order valence-electron chi connectivity index (χ1n) is 3.71. The van der Waals surface area contributed by atoms with Crippen molar-refractivity contribution in [3.63, 3.8) is 0 Å². The van der Waals surface area contributed by atoms with E-state index in [9.17, 15) is 0 Å². The van der Waals surface area contributed by atoms with E-state index in [1.54, 1.807) is 0 Å². The standard InChI is InChI=1S/C9H10BrClO/c1-6(2)12-7-3-4-9(11)8(10)5-7/h3-6H,1-2H3. The fourth-order valence-corrected chi connectivity index (χ4v) is 1.30. The Morgan fingerprint density at radius 3 is 2.58 bits per heavy atom. The highest BCUT2D eigenvalue weighted by Crippen LogP contribution is 2.27. The van der Waals surface area contributed by atoms with Gasteiger partial charge in [0.05, 0.1) is 11.1 Å². The van der Waals surface area contributed by atoms with Crippen LogP contribution in [0.3, 0.4) is 0 Å². The zero-order valence-electron chi connectivity index (χ0n) is 6.97. The fourth-order valence-electron chi connectivity index (χ4n) is 0.822. The highest BCUT2D eigenvalue weighted by atomic mass is 79.9. The average molecular weight is 250 g/mol. The predicted molar refractivity (Wildman–Crippen MR) is 54.9 cm³/mol. The Morgan fingerprint density at radius 1 is 1.42 bits per heavy atom. The van der Waals surface area contributed by atoms with Crippen LogP contribution in [0.2, 0.25) is 5.02 Å². The van der Waals surface area contributed by atoms with E-state index in [2.05, 4.69) is 15.9 Å². The molecule has 1 aromatic rings. The van der Waals surface area contributed by atoms with Crippen LogP contribution in [0.1, 0.15) is 13.8 Å². The van der Waals surface area contributed by atoms with E-state index in [-0.39, 0.29) is 6.10 Å². The molecular formula is C9H10BrClO. The van der Waals surface area contributed by atoms with Gasteiger partial charge in [-0.25, -0.2) is 0 Å². The van der Waals surface area contributed by atoms with E-state index < -0.39 is 0 Å². The average Bonchev–Trinajstić information content (AvgIpc) is 1.96. The summed E-state index contributed by atoms with van der Waals surface area (Å²) in [4.78, 5) is 0. The van der Waals surface area contributed by atoms with Gasteiger partial charge in [-0.3, -0.25) is 0 Å². The molecule has 0 heterocycles. The topological polar surface area (TPSA) is 9.23 Å². The zero-order valence-corrected chi connectivity index (χ0v) is 9.32. The third-order valence-corrected chi connectivity index (χ3v) is 2.48. The van der Waals surface area contributed by atoms with Crippen molar-refractivity contribution in [2.24, 2.45) is 0 Å². The Bertz CT molecular complexity index is 273. The molecule has 3 heteroatoms. The lowest BCUT2D eigenvalue weighted by atomic mass is 10.3. The molecule has 66 valence electrons. The van der Waals surface area contributed by atoms with Gasteiger partial charge < -0.3 is 4.74 Å². The summed E-state index contributed by atoms with van der Waals surface area (Å²) >= 11 is 9.14. The minimum Gasteiger partial charge on any atom is -0.491 e. The largest absolute Gasteiger partial charge is 0.491 e. The van der Waals surface area contributed by atoms with Crippen LogP contribution in [0.4, 0.5) is 0 Å². The summed E-state index contributed by atoms with van der Waals surface area (Å²) in [5.74, 6) is 0.835. The Balaban J connectivity index is 2.82. The van der Waals surface area contributed by atoms with Crippen molar-refractivity contribution in [3.05, 3.63) is 27.7 Å². The van der Waals surface area contributed by atoms with E-state index in [1.807, 2.05) is 32.0 Å². The first-order chi connectivity index (χ1) is 5.59. The summed E-state index contributed by atoms with van der Waals surface area (Å²) < 4.78 is 6.32. The molecule has 0 fully saturated rings. The van der Waals surface area contributed by atoms with Crippen LogP contribution < -0.4 is 4.74 Å². The van der Waals surface area contributed by atoms with Gasteiger partial charge in [-0.05, 0) is 48.0 Å². The molecule has 12 heavy (non-hydrogen) atoms. The Hall–Kier alpha value is -0.210. The van der Waals surface area contributed by atoms with Gasteiger partial charge in [-0.2, -0.15) is 0 Å². The lowest BCUT2D eigenvalue weighted by Gasteiger charge is -2.09. The molecule has 0 N–H and O–H groups in total. The van der Waals surface area contributed by atoms with Gasteiger partial charge in [-0.1, -0.05) is 11.6 Å². The number of halogens is 2. The molecule has 0 atom stereocenters. The molecule has 0 aliphatic rings. The Kier molecular flexibility index (Phi) is 3.41. The highest BCUT2D eigenvalue weighted by molar-refractivity contribution is 9.10. The lowest BCUT2D eigenvalue weighted by molar-refractivity contribution is 0.242. The number of hydrogen-bond acceptors (Lipinski definition) is 1. The monoisotopic (exact) mass is 248 g/mol. The number of ether oxygens (including phenoxy) is 1. The SMILES string of the molecule is CC(C)Oc1ccc(Cl)c(Br)c1. The first kappa shape index (κ1) is 9.87. The van der Waals surface area contributed by atoms with Crippen LogP contribution in [-0.4, -0.2) is 6.10 Å². The van der Waals surface area contributed by atoms with Gasteiger partial charge in [0.25, 0.3) is 0 Å². The van der Waals surface area contributed by atoms with Crippen LogP contribution in [-0.2, 0) is 0 Å². The normalized spacial score (nSPS) is 10.4. The maximum atomic E-state index is 5.81. The van der Waals surface area contributed by atoms with Gasteiger partial charge >= 0.3 is 0 Å². The van der Waals surface area contributed by atoms with Gasteiger partial charge in [0.1, 0.15) is 5.75 Å². The third-order valence-electron chi connectivity index (χ3n) is 1.26. The molecule has 1 rings (SSSR count). The van der Waals surface area contributed by atoms with Crippen LogP contribution in [0.15, 0.2) is 22.7 Å². The van der Waals surface area contributed by atoms with E-state index in [0.29, 0.717) is 5.02 Å². The van der Waals surface area contributed by atoms with Crippen molar-refractivity contribution in [1.82, 2.24) is 0 Å². The van der Waals surface area contributed by atoms with Crippen molar-refractivity contribution < 1.29 is 4.74 Å². The number of benzene rings is 1. The van der Waals surface area contributed by atoms with Crippen LogP contribution in [0.25, 0.3) is 0 Å². The second-order valence-electron chi connectivity index (χ2n) is 2.74. The summed E-state index contributed by atoms with van der Waals surface area (Å²) in [6.07, 6.45) is 0.193. The second-order valence-corrected chi connectivity index (χ2v) is 4.00. The van der Waals surface area contributed by atoms with Gasteiger partial charge in [0.2, 0.25) is 0 Å². The maximum absolute atomic E-state index is 5.81. The summed E-state index contributed by atoms with van der Waals surface area (Å²) in [5.41, 5.74) is 0. The first-order valence-corrected chi connectivity index (χ1v) is 4.88. The van der Waals surface area contributed by atoms with Crippen LogP contribution in [0, 0.1) is 0 Å². The number of rotatable bonds is 2. The minimum atomic E-state index is 0.193. The fraction of sp³-hybridized carbons (Fsp3) is 0.333. The minimum absolute atomic E-state index is 0.193. The molecule has 0 bridgehead atoms. The smallest absolute Gasteiger partial charge is 0.120 e. The summed E-state index contributed by atoms with van der Waals surface area (Å²) in [5, 5.41) is 0.700. The summed E-state index contributed by atoms with van der Waals surface area (Å²) in [7, 11) is 0. The Morgan fingerprint density at radius 2 is 2.08 bits per heavy atom. The van der Waals surface area contributed by atoms with Gasteiger partial charge in [0.15, 0.2) is 0 Å². The molecule has 0 aromatic heterocycles. The molecule has 0 amide bonds. The lowest BCUT2D eigenvalue weighted by Crippen LogP contribution is -2.05. The van der Waals surface area contributed by atoms with Crippen molar-refractivity contribution in [1.29, 1.82) is 0 Å². The maximum Gasteiger partial charge on any atom is 0.120 e. The van der Waals surface area contributed by atoms with Gasteiger partial charge in [-0.15, -0.1) is 0 Å². The molecular weight excluding hydrogens is 239 g/mol. The molecule has 0 aliphatic carbocycles. The van der Waals surface area contributed by atoms with Crippen molar-refractivity contribution in [2.45, 2.75) is 20.0 Å². The quantitative estimate of drug-likeness (QED) is 0.773. The van der Waals surface area contributed by atoms with Crippen LogP contribution in [0.5, 0.6) is 5.75 Å². The molecule has 0 unspecified atom stereocenters. The summed E-state index contributed by atoms with van der Waals surface area (Å²) in [6, 6.07) is 5.53. The molecule has 0 radical (unpaired) electrons. The predicted octanol–water partition coefficient (Wildman–Crippen LogP) is 3.89. The zero-order chi connectivity index (χ0) is 9.14. The van der Waals surface area contributed by atoms with E-state index >= 15 is 0 Å². The number of hydrogen-bond donors (Lipinski definition) is 0. The Labute approximate surface area is 85.8 Å². The highest BCUT2D eigenvalue weighted by Gasteiger charge is 2.00. The van der Waals surface area contributed by atoms with E-state index in [0.717, 1.165) is 10.2 Å². The van der Waals surface area contributed by atoms with Crippen LogP contribution >= 0.6 is 27.5 Å². The molecule has 1 nitrogen and oxygen atoms in total. The van der Waals surface area contributed by atoms with Crippen molar-refractivity contribution >= 4 is 27.5 Å². The molecule has 0 saturated carbocycles.